The van der Waals surface area contributed by atoms with E-state index in [0.717, 1.165) is 49.9 Å². The fraction of sp³-hybridized carbons (Fsp3) is 0.556. The molecule has 26 heavy (non-hydrogen) atoms. The second-order valence-corrected chi connectivity index (χ2v) is 7.17. The molecule has 0 aliphatic heterocycles. The molecular weight excluding hydrogens is 352 g/mol. The van der Waals surface area contributed by atoms with Crippen molar-refractivity contribution in [1.29, 1.82) is 0 Å². The molecule has 0 atom stereocenters. The Hall–Kier alpha value is -2.09. The predicted octanol–water partition coefficient (Wildman–Crippen LogP) is 2.06. The van der Waals surface area contributed by atoms with E-state index in [1.807, 2.05) is 10.8 Å². The number of fused-ring (bicyclic) bond motifs is 1. The minimum absolute atomic E-state index is 0.0479. The monoisotopic (exact) mass is 376 g/mol. The Balaban J connectivity index is 1.78. The van der Waals surface area contributed by atoms with Crippen LogP contribution in [-0.2, 0) is 35.5 Å². The molecule has 8 heteroatoms. The molecule has 2 aromatic heterocycles. The topological polar surface area (TPSA) is 79.0 Å². The number of ether oxygens (including phenoxy) is 1. The van der Waals surface area contributed by atoms with Crippen molar-refractivity contribution < 1.29 is 9.53 Å². The molecule has 0 aromatic carbocycles. The normalized spacial score (nSPS) is 13.4. The molecule has 0 saturated carbocycles. The smallest absolute Gasteiger partial charge is 0.316 e. The van der Waals surface area contributed by atoms with Crippen molar-refractivity contribution in [2.45, 2.75) is 57.3 Å². The number of esters is 1. The van der Waals surface area contributed by atoms with Gasteiger partial charge in [-0.2, -0.15) is 0 Å². The zero-order valence-corrected chi connectivity index (χ0v) is 15.8. The highest BCUT2D eigenvalue weighted by molar-refractivity contribution is 7.99. The van der Waals surface area contributed by atoms with E-state index in [9.17, 15) is 9.59 Å². The van der Waals surface area contributed by atoms with Gasteiger partial charge in [0.15, 0.2) is 5.16 Å². The third kappa shape index (κ3) is 4.55. The van der Waals surface area contributed by atoms with Crippen LogP contribution in [0.5, 0.6) is 0 Å². The molecule has 140 valence electrons. The summed E-state index contributed by atoms with van der Waals surface area (Å²) in [5.74, 6) is -0.116. The maximum absolute atomic E-state index is 13.0. The van der Waals surface area contributed by atoms with Crippen LogP contribution in [0.15, 0.2) is 28.7 Å². The number of hydrogen-bond donors (Lipinski definition) is 0. The van der Waals surface area contributed by atoms with Crippen LogP contribution in [0.3, 0.4) is 0 Å². The maximum atomic E-state index is 13.0. The first kappa shape index (κ1) is 18.7. The fourth-order valence-electron chi connectivity index (χ4n) is 3.13. The summed E-state index contributed by atoms with van der Waals surface area (Å²) in [6, 6.07) is 0. The molecule has 3 rings (SSSR count). The molecule has 1 aliphatic rings. The minimum atomic E-state index is -0.283. The second kappa shape index (κ2) is 9.02. The lowest BCUT2D eigenvalue weighted by Gasteiger charge is -2.19. The number of thioether (sulfide) groups is 1. The van der Waals surface area contributed by atoms with E-state index in [4.69, 9.17) is 9.72 Å². The molecule has 0 spiro atoms. The Morgan fingerprint density at radius 3 is 2.92 bits per heavy atom. The molecule has 0 bridgehead atoms. The Labute approximate surface area is 156 Å². The number of imidazole rings is 1. The first-order valence-corrected chi connectivity index (χ1v) is 10.0. The maximum Gasteiger partial charge on any atom is 0.316 e. The summed E-state index contributed by atoms with van der Waals surface area (Å²) in [4.78, 5) is 33.4. The molecule has 0 unspecified atom stereocenters. The van der Waals surface area contributed by atoms with Gasteiger partial charge in [-0.1, -0.05) is 11.8 Å². The quantitative estimate of drug-likeness (QED) is 0.399. The molecular formula is C18H24N4O3S. The SMILES string of the molecule is CCOC(=O)CSc1nc2c(c(=O)n1CCCn1ccnc1)CCCC2. The van der Waals surface area contributed by atoms with Crippen LogP contribution in [0.1, 0.15) is 37.4 Å². The Morgan fingerprint density at radius 2 is 2.15 bits per heavy atom. The van der Waals surface area contributed by atoms with Crippen LogP contribution in [0.2, 0.25) is 0 Å². The average molecular weight is 376 g/mol. The summed E-state index contributed by atoms with van der Waals surface area (Å²) >= 11 is 1.29. The molecule has 0 amide bonds. The number of aromatic nitrogens is 4. The summed E-state index contributed by atoms with van der Waals surface area (Å²) in [7, 11) is 0. The predicted molar refractivity (Wildman–Crippen MR) is 99.3 cm³/mol. The Morgan fingerprint density at radius 1 is 1.31 bits per heavy atom. The second-order valence-electron chi connectivity index (χ2n) is 6.23. The molecule has 1 aliphatic carbocycles. The van der Waals surface area contributed by atoms with Crippen molar-refractivity contribution in [1.82, 2.24) is 19.1 Å². The summed E-state index contributed by atoms with van der Waals surface area (Å²) in [5.41, 5.74) is 1.80. The van der Waals surface area contributed by atoms with E-state index >= 15 is 0 Å². The van der Waals surface area contributed by atoms with Crippen molar-refractivity contribution in [3.05, 3.63) is 40.3 Å². The minimum Gasteiger partial charge on any atom is -0.465 e. The summed E-state index contributed by atoms with van der Waals surface area (Å²) in [6.07, 6.45) is 9.95. The zero-order chi connectivity index (χ0) is 18.4. The van der Waals surface area contributed by atoms with Gasteiger partial charge in [0.05, 0.1) is 24.4 Å². The molecule has 0 N–H and O–H groups in total. The third-order valence-electron chi connectivity index (χ3n) is 4.39. The van der Waals surface area contributed by atoms with Gasteiger partial charge in [-0.05, 0) is 39.0 Å². The van der Waals surface area contributed by atoms with E-state index in [-0.39, 0.29) is 17.3 Å². The summed E-state index contributed by atoms with van der Waals surface area (Å²) < 4.78 is 8.71. The molecule has 2 heterocycles. The van der Waals surface area contributed by atoms with E-state index < -0.39 is 0 Å². The van der Waals surface area contributed by atoms with Gasteiger partial charge in [-0.15, -0.1) is 0 Å². The first-order valence-electron chi connectivity index (χ1n) is 9.05. The number of carbonyl (C=O) groups is 1. The number of aryl methyl sites for hydroxylation is 2. The van der Waals surface area contributed by atoms with Crippen molar-refractivity contribution in [3.8, 4) is 0 Å². The van der Waals surface area contributed by atoms with Crippen molar-refractivity contribution in [3.63, 3.8) is 0 Å². The van der Waals surface area contributed by atoms with Gasteiger partial charge >= 0.3 is 5.97 Å². The molecule has 7 nitrogen and oxygen atoms in total. The van der Waals surface area contributed by atoms with Crippen molar-refractivity contribution >= 4 is 17.7 Å². The molecule has 0 saturated heterocycles. The highest BCUT2D eigenvalue weighted by Gasteiger charge is 2.20. The van der Waals surface area contributed by atoms with Crippen LogP contribution in [0, 0.1) is 0 Å². The Kier molecular flexibility index (Phi) is 6.49. The molecule has 0 radical (unpaired) electrons. The number of nitrogens with zero attached hydrogens (tertiary/aromatic N) is 4. The van der Waals surface area contributed by atoms with E-state index in [1.165, 1.54) is 11.8 Å². The number of carbonyl (C=O) groups excluding carboxylic acids is 1. The van der Waals surface area contributed by atoms with Crippen molar-refractivity contribution in [2.24, 2.45) is 0 Å². The highest BCUT2D eigenvalue weighted by Crippen LogP contribution is 2.21. The lowest BCUT2D eigenvalue weighted by Crippen LogP contribution is -2.30. The van der Waals surface area contributed by atoms with Gasteiger partial charge in [0, 0.05) is 31.0 Å². The van der Waals surface area contributed by atoms with Gasteiger partial charge in [0.2, 0.25) is 0 Å². The van der Waals surface area contributed by atoms with E-state index in [2.05, 4.69) is 4.98 Å². The van der Waals surface area contributed by atoms with Gasteiger partial charge in [0.1, 0.15) is 0 Å². The Bertz CT molecular complexity index is 802. The lowest BCUT2D eigenvalue weighted by molar-refractivity contribution is -0.139. The van der Waals surface area contributed by atoms with Crippen LogP contribution in [0.4, 0.5) is 0 Å². The van der Waals surface area contributed by atoms with Crippen LogP contribution in [0.25, 0.3) is 0 Å². The molecule has 0 fully saturated rings. The van der Waals surface area contributed by atoms with E-state index in [0.29, 0.717) is 18.3 Å². The highest BCUT2D eigenvalue weighted by atomic mass is 32.2. The summed E-state index contributed by atoms with van der Waals surface area (Å²) in [5, 5.41) is 0.620. The van der Waals surface area contributed by atoms with Gasteiger partial charge in [-0.25, -0.2) is 9.97 Å². The van der Waals surface area contributed by atoms with Crippen LogP contribution >= 0.6 is 11.8 Å². The van der Waals surface area contributed by atoms with Crippen LogP contribution < -0.4 is 5.56 Å². The zero-order valence-electron chi connectivity index (χ0n) is 15.0. The average Bonchev–Trinajstić information content (AvgIpc) is 3.16. The van der Waals surface area contributed by atoms with Gasteiger partial charge in [-0.3, -0.25) is 14.2 Å². The first-order chi connectivity index (χ1) is 12.7. The van der Waals surface area contributed by atoms with Crippen LogP contribution in [-0.4, -0.2) is 37.4 Å². The third-order valence-corrected chi connectivity index (χ3v) is 5.34. The number of hydrogen-bond acceptors (Lipinski definition) is 6. The van der Waals surface area contributed by atoms with Crippen molar-refractivity contribution in [2.75, 3.05) is 12.4 Å². The molecule has 2 aromatic rings. The van der Waals surface area contributed by atoms with Gasteiger partial charge in [0.25, 0.3) is 5.56 Å². The number of rotatable bonds is 8. The summed E-state index contributed by atoms with van der Waals surface area (Å²) in [6.45, 7) is 3.49. The van der Waals surface area contributed by atoms with Gasteiger partial charge < -0.3 is 9.30 Å². The van der Waals surface area contributed by atoms with E-state index in [1.54, 1.807) is 24.0 Å². The largest absolute Gasteiger partial charge is 0.465 e. The standard InChI is InChI=1S/C18H24N4O3S/c1-2-25-16(23)12-26-18-20-15-7-4-3-6-14(15)17(24)22(18)10-5-9-21-11-8-19-13-21/h8,11,13H,2-7,9-10,12H2,1H3. The fourth-order valence-corrected chi connectivity index (χ4v) is 3.97. The lowest BCUT2D eigenvalue weighted by atomic mass is 9.97.